The van der Waals surface area contributed by atoms with Gasteiger partial charge in [-0.2, -0.15) is 18.4 Å². The summed E-state index contributed by atoms with van der Waals surface area (Å²) in [6.45, 7) is 4.20. The summed E-state index contributed by atoms with van der Waals surface area (Å²) in [4.78, 5) is 32.2. The number of rotatable bonds is 8. The topological polar surface area (TPSA) is 123 Å². The van der Waals surface area contributed by atoms with Crippen molar-refractivity contribution in [3.63, 3.8) is 0 Å². The molecule has 0 bridgehead atoms. The quantitative estimate of drug-likeness (QED) is 0.448. The Kier molecular flexibility index (Phi) is 8.65. The van der Waals surface area contributed by atoms with Crippen LogP contribution in [0.3, 0.4) is 0 Å². The number of hydrogen-bond donors (Lipinski definition) is 3. The molecule has 3 atom stereocenters. The Bertz CT molecular complexity index is 883. The highest BCUT2D eigenvalue weighted by atomic mass is 19.4. The van der Waals surface area contributed by atoms with Crippen LogP contribution in [0.2, 0.25) is 0 Å². The van der Waals surface area contributed by atoms with Crippen LogP contribution in [0.25, 0.3) is 0 Å². The smallest absolute Gasteiger partial charge is 0.377 e. The van der Waals surface area contributed by atoms with Gasteiger partial charge < -0.3 is 19.9 Å². The molecule has 2 unspecified atom stereocenters. The molecule has 0 aliphatic carbocycles. The lowest BCUT2D eigenvalue weighted by atomic mass is 9.96. The highest BCUT2D eigenvalue weighted by Crippen LogP contribution is 2.30. The molecule has 0 aromatic carbocycles. The van der Waals surface area contributed by atoms with E-state index < -0.39 is 30.1 Å². The molecule has 3 rings (SSSR count). The number of pyridine rings is 1. The lowest BCUT2D eigenvalue weighted by Gasteiger charge is -2.36. The van der Waals surface area contributed by atoms with Gasteiger partial charge >= 0.3 is 6.18 Å². The van der Waals surface area contributed by atoms with E-state index in [1.165, 1.54) is 6.20 Å². The molecule has 2 amide bonds. The summed E-state index contributed by atoms with van der Waals surface area (Å²) in [5, 5.41) is 11.6. The maximum absolute atomic E-state index is 13.1. The Hall–Kier alpha value is -2.95. The van der Waals surface area contributed by atoms with E-state index in [4.69, 9.17) is 10.00 Å². The van der Waals surface area contributed by atoms with E-state index in [1.807, 2.05) is 16.4 Å². The fourth-order valence-electron chi connectivity index (χ4n) is 3.96. The molecule has 2 saturated heterocycles. The molecule has 0 saturated carbocycles. The van der Waals surface area contributed by atoms with Crippen molar-refractivity contribution in [2.75, 3.05) is 50.8 Å². The van der Waals surface area contributed by atoms with Crippen LogP contribution in [-0.4, -0.2) is 85.9 Å². The standard InChI is InChI=1S/C21H28F3N7O3/c1-14(34-9-4-26-16-13-28-29-20(33)19(16)21(22,23)24)10-18(32)31-7-5-30(6-8-31)17-3-2-15(11-25)12-27-17/h2-3,12,14,16,19,26,28H,4-10,13H2,1H3,(H,29,33)/t14-,16?,19?/m1/s1. The van der Waals surface area contributed by atoms with Crippen molar-refractivity contribution in [1.82, 2.24) is 26.1 Å². The van der Waals surface area contributed by atoms with Crippen LogP contribution < -0.4 is 21.1 Å². The average Bonchev–Trinajstić information content (AvgIpc) is 2.81. The normalized spacial score (nSPS) is 22.1. The minimum absolute atomic E-state index is 0.0572. The van der Waals surface area contributed by atoms with Crippen LogP contribution in [0.4, 0.5) is 19.0 Å². The Morgan fingerprint density at radius 3 is 2.71 bits per heavy atom. The molecule has 10 nitrogen and oxygen atoms in total. The zero-order valence-corrected chi connectivity index (χ0v) is 18.8. The summed E-state index contributed by atoms with van der Waals surface area (Å²) in [6.07, 6.45) is -3.37. The van der Waals surface area contributed by atoms with Crippen molar-refractivity contribution in [1.29, 1.82) is 5.26 Å². The first-order valence-corrected chi connectivity index (χ1v) is 11.0. The van der Waals surface area contributed by atoms with Gasteiger partial charge in [-0.05, 0) is 19.1 Å². The summed E-state index contributed by atoms with van der Waals surface area (Å²) in [6, 6.07) is 4.42. The Morgan fingerprint density at radius 1 is 1.35 bits per heavy atom. The van der Waals surface area contributed by atoms with Gasteiger partial charge in [-0.25, -0.2) is 10.4 Å². The van der Waals surface area contributed by atoms with Crippen LogP contribution in [0.1, 0.15) is 18.9 Å². The van der Waals surface area contributed by atoms with Gasteiger partial charge in [0.2, 0.25) is 11.8 Å². The molecule has 0 spiro atoms. The molecule has 3 heterocycles. The molecular weight excluding hydrogens is 455 g/mol. The number of nitrogens with one attached hydrogen (secondary N) is 3. The first kappa shape index (κ1) is 25.7. The monoisotopic (exact) mass is 483 g/mol. The second-order valence-electron chi connectivity index (χ2n) is 8.22. The Labute approximate surface area is 195 Å². The van der Waals surface area contributed by atoms with E-state index >= 15 is 0 Å². The van der Waals surface area contributed by atoms with Gasteiger partial charge in [0, 0.05) is 51.5 Å². The van der Waals surface area contributed by atoms with Gasteiger partial charge in [-0.15, -0.1) is 0 Å². The predicted octanol–water partition coefficient (Wildman–Crippen LogP) is 0.168. The molecule has 2 fully saturated rings. The van der Waals surface area contributed by atoms with Gasteiger partial charge in [0.1, 0.15) is 11.9 Å². The third-order valence-electron chi connectivity index (χ3n) is 5.78. The fourth-order valence-corrected chi connectivity index (χ4v) is 3.96. The van der Waals surface area contributed by atoms with Crippen molar-refractivity contribution in [3.05, 3.63) is 23.9 Å². The minimum atomic E-state index is -4.65. The number of nitrogens with zero attached hydrogens (tertiary/aromatic N) is 4. The van der Waals surface area contributed by atoms with Crippen molar-refractivity contribution in [2.24, 2.45) is 5.92 Å². The van der Waals surface area contributed by atoms with Gasteiger partial charge in [0.25, 0.3) is 0 Å². The van der Waals surface area contributed by atoms with Crippen molar-refractivity contribution in [2.45, 2.75) is 31.7 Å². The first-order chi connectivity index (χ1) is 16.2. The van der Waals surface area contributed by atoms with E-state index in [2.05, 4.69) is 15.7 Å². The van der Waals surface area contributed by atoms with E-state index in [1.54, 1.807) is 24.0 Å². The van der Waals surface area contributed by atoms with E-state index in [0.29, 0.717) is 31.7 Å². The van der Waals surface area contributed by atoms with Crippen LogP contribution in [0, 0.1) is 17.2 Å². The molecule has 186 valence electrons. The highest BCUT2D eigenvalue weighted by molar-refractivity contribution is 5.80. The van der Waals surface area contributed by atoms with E-state index in [0.717, 1.165) is 5.82 Å². The minimum Gasteiger partial charge on any atom is -0.377 e. The van der Waals surface area contributed by atoms with Gasteiger partial charge in [0.05, 0.1) is 24.7 Å². The number of aromatic nitrogens is 1. The Balaban J connectivity index is 1.36. The van der Waals surface area contributed by atoms with E-state index in [9.17, 15) is 22.8 Å². The second-order valence-corrected chi connectivity index (χ2v) is 8.22. The van der Waals surface area contributed by atoms with Crippen molar-refractivity contribution in [3.8, 4) is 6.07 Å². The fraction of sp³-hybridized carbons (Fsp3) is 0.619. The second kappa shape index (κ2) is 11.5. The lowest BCUT2D eigenvalue weighted by molar-refractivity contribution is -0.192. The van der Waals surface area contributed by atoms with Crippen molar-refractivity contribution >= 4 is 17.6 Å². The van der Waals surface area contributed by atoms with E-state index in [-0.39, 0.29) is 32.0 Å². The van der Waals surface area contributed by atoms with Crippen molar-refractivity contribution < 1.29 is 27.5 Å². The molecule has 2 aliphatic heterocycles. The summed E-state index contributed by atoms with van der Waals surface area (Å²) < 4.78 is 45.0. The van der Waals surface area contributed by atoms with Gasteiger partial charge in [-0.3, -0.25) is 15.0 Å². The lowest BCUT2D eigenvalue weighted by Crippen LogP contribution is -2.63. The summed E-state index contributed by atoms with van der Waals surface area (Å²) >= 11 is 0. The first-order valence-electron chi connectivity index (χ1n) is 11.0. The number of carbonyl (C=O) groups excluding carboxylic acids is 2. The maximum Gasteiger partial charge on any atom is 0.402 e. The highest BCUT2D eigenvalue weighted by Gasteiger charge is 2.51. The number of alkyl halides is 3. The zero-order chi connectivity index (χ0) is 24.7. The van der Waals surface area contributed by atoms with Gasteiger partial charge in [-0.1, -0.05) is 0 Å². The number of ether oxygens (including phenoxy) is 1. The number of piperazine rings is 1. The number of amides is 2. The number of halogens is 3. The SMILES string of the molecule is C[C@H](CC(=O)N1CCN(c2ccc(C#N)cn2)CC1)OCCNC1CNNC(=O)C1C(F)(F)F. The third kappa shape index (κ3) is 6.78. The molecule has 1 aromatic rings. The molecule has 34 heavy (non-hydrogen) atoms. The summed E-state index contributed by atoms with van der Waals surface area (Å²) in [5.74, 6) is -2.55. The molecule has 3 N–H and O–H groups in total. The van der Waals surface area contributed by atoms with Crippen LogP contribution in [0.15, 0.2) is 18.3 Å². The summed E-state index contributed by atoms with van der Waals surface area (Å²) in [7, 11) is 0. The summed E-state index contributed by atoms with van der Waals surface area (Å²) in [5.41, 5.74) is 4.94. The van der Waals surface area contributed by atoms with Gasteiger partial charge in [0.15, 0.2) is 5.92 Å². The van der Waals surface area contributed by atoms with Crippen LogP contribution >= 0.6 is 0 Å². The number of nitriles is 1. The zero-order valence-electron chi connectivity index (χ0n) is 18.8. The number of hydrazine groups is 1. The average molecular weight is 483 g/mol. The third-order valence-corrected chi connectivity index (χ3v) is 5.78. The number of carbonyl (C=O) groups is 2. The molecular formula is C21H28F3N7O3. The largest absolute Gasteiger partial charge is 0.402 e. The van der Waals surface area contributed by atoms with Crippen LogP contribution in [0.5, 0.6) is 0 Å². The molecule has 13 heteroatoms. The molecule has 1 aromatic heterocycles. The molecule has 0 radical (unpaired) electrons. The predicted molar refractivity (Wildman–Crippen MR) is 115 cm³/mol. The Morgan fingerprint density at radius 2 is 2.09 bits per heavy atom. The number of anilines is 1. The number of hydrogen-bond acceptors (Lipinski definition) is 8. The van der Waals surface area contributed by atoms with Crippen LogP contribution in [-0.2, 0) is 14.3 Å². The molecule has 2 aliphatic rings. The maximum atomic E-state index is 13.1.